The van der Waals surface area contributed by atoms with Crippen molar-refractivity contribution in [1.29, 1.82) is 0 Å². The summed E-state index contributed by atoms with van der Waals surface area (Å²) in [5.74, 6) is -0.535. The maximum absolute atomic E-state index is 12.6. The van der Waals surface area contributed by atoms with Gasteiger partial charge in [-0.2, -0.15) is 0 Å². The molecule has 0 atom stereocenters. The molecule has 0 amide bonds. The highest BCUT2D eigenvalue weighted by molar-refractivity contribution is 6.09. The Morgan fingerprint density at radius 2 is 0.941 bits per heavy atom. The van der Waals surface area contributed by atoms with E-state index in [1.807, 2.05) is 0 Å². The van der Waals surface area contributed by atoms with Gasteiger partial charge in [-0.05, 0) is 80.6 Å². The Kier molecular flexibility index (Phi) is 11.3. The average molecular weight is 465 g/mol. The molecule has 3 aromatic carbocycles. The first-order chi connectivity index (χ1) is 14.8. The monoisotopic (exact) mass is 464 g/mol. The molecular weight excluding hydrogens is 432 g/mol. The van der Waals surface area contributed by atoms with E-state index in [9.17, 15) is 19.2 Å². The summed E-state index contributed by atoms with van der Waals surface area (Å²) >= 11 is 0. The molecule has 0 N–H and O–H groups in total. The van der Waals surface area contributed by atoms with Crippen molar-refractivity contribution in [2.45, 2.75) is 36.1 Å². The molecule has 0 aliphatic carbocycles. The zero-order valence-corrected chi connectivity index (χ0v) is 17.3. The van der Waals surface area contributed by atoms with Crippen molar-refractivity contribution in [3.8, 4) is 11.5 Å². The van der Waals surface area contributed by atoms with Crippen LogP contribution in [0.1, 0.15) is 83.1 Å². The van der Waals surface area contributed by atoms with Crippen LogP contribution >= 0.6 is 0 Å². The van der Waals surface area contributed by atoms with Gasteiger partial charge in [-0.25, -0.2) is 4.79 Å². The highest BCUT2D eigenvalue weighted by Gasteiger charge is 2.16. The van der Waals surface area contributed by atoms with Gasteiger partial charge in [-0.15, -0.1) is 0 Å². The third-order valence-electron chi connectivity index (χ3n) is 4.66. The zero-order valence-electron chi connectivity index (χ0n) is 17.3. The predicted molar refractivity (Wildman–Crippen MR) is 134 cm³/mol. The number of hydrogen-bond donors (Lipinski definition) is 0. The van der Waals surface area contributed by atoms with Crippen LogP contribution in [-0.4, -0.2) is 30.4 Å². The molecule has 3 rings (SSSR count). The standard InChI is InChI=1S/C25H20O6.3CH4/c1-15(26)19-12-20(16(2)27)14-21(13-19)25(29)31-23-10-6-18(7-11-23)24(28)17-4-8-22(30-3)9-5-17;;;/h4-14H,1-3H3;3*1H4. The Bertz CT molecular complexity index is 1130. The van der Waals surface area contributed by atoms with Gasteiger partial charge in [-0.3, -0.25) is 14.4 Å². The zero-order chi connectivity index (χ0) is 22.5. The van der Waals surface area contributed by atoms with E-state index in [1.54, 1.807) is 43.5 Å². The molecule has 6 heteroatoms. The molecule has 0 aromatic heterocycles. The Balaban J connectivity index is 0.00000363. The number of esters is 1. The van der Waals surface area contributed by atoms with Gasteiger partial charge in [0.1, 0.15) is 11.5 Å². The lowest BCUT2D eigenvalue weighted by atomic mass is 10.0. The van der Waals surface area contributed by atoms with Crippen molar-refractivity contribution >= 4 is 23.3 Å². The third kappa shape index (κ3) is 6.97. The molecule has 0 aliphatic heterocycles. The van der Waals surface area contributed by atoms with Crippen molar-refractivity contribution in [2.75, 3.05) is 7.11 Å². The van der Waals surface area contributed by atoms with Gasteiger partial charge in [0.25, 0.3) is 0 Å². The fraction of sp³-hybridized carbons (Fsp3) is 0.214. The molecule has 0 fully saturated rings. The molecule has 180 valence electrons. The van der Waals surface area contributed by atoms with Crippen LogP contribution in [0.5, 0.6) is 11.5 Å². The molecule has 0 spiro atoms. The lowest BCUT2D eigenvalue weighted by Crippen LogP contribution is -2.11. The van der Waals surface area contributed by atoms with E-state index in [-0.39, 0.29) is 62.1 Å². The van der Waals surface area contributed by atoms with E-state index in [2.05, 4.69) is 0 Å². The van der Waals surface area contributed by atoms with Gasteiger partial charge >= 0.3 is 5.97 Å². The minimum absolute atomic E-state index is 0. The van der Waals surface area contributed by atoms with Crippen LogP contribution in [0.4, 0.5) is 0 Å². The van der Waals surface area contributed by atoms with Crippen molar-refractivity contribution in [1.82, 2.24) is 0 Å². The number of ether oxygens (including phenoxy) is 2. The number of hydrogen-bond acceptors (Lipinski definition) is 6. The summed E-state index contributed by atoms with van der Waals surface area (Å²) in [4.78, 5) is 48.5. The van der Waals surface area contributed by atoms with Gasteiger partial charge in [0.15, 0.2) is 17.3 Å². The molecule has 0 heterocycles. The Hall–Kier alpha value is -4.06. The van der Waals surface area contributed by atoms with Crippen molar-refractivity contribution in [2.24, 2.45) is 0 Å². The molecule has 0 bridgehead atoms. The highest BCUT2D eigenvalue weighted by Crippen LogP contribution is 2.20. The van der Waals surface area contributed by atoms with Gasteiger partial charge in [-0.1, -0.05) is 22.3 Å². The van der Waals surface area contributed by atoms with Gasteiger partial charge in [0, 0.05) is 22.3 Å². The second-order valence-corrected chi connectivity index (χ2v) is 6.88. The number of carbonyl (C=O) groups excluding carboxylic acids is 4. The minimum Gasteiger partial charge on any atom is -0.497 e. The van der Waals surface area contributed by atoms with E-state index in [4.69, 9.17) is 9.47 Å². The highest BCUT2D eigenvalue weighted by atomic mass is 16.5. The van der Waals surface area contributed by atoms with Gasteiger partial charge in [0.2, 0.25) is 0 Å². The van der Waals surface area contributed by atoms with Crippen LogP contribution in [0.2, 0.25) is 0 Å². The smallest absolute Gasteiger partial charge is 0.343 e. The average Bonchev–Trinajstić information content (AvgIpc) is 2.78. The Labute approximate surface area is 201 Å². The quantitative estimate of drug-likeness (QED) is 0.227. The van der Waals surface area contributed by atoms with E-state index in [1.165, 1.54) is 44.2 Å². The first-order valence-electron chi connectivity index (χ1n) is 9.46. The van der Waals surface area contributed by atoms with Crippen LogP contribution in [-0.2, 0) is 0 Å². The normalized spacial score (nSPS) is 9.38. The number of rotatable bonds is 7. The number of ketones is 3. The molecule has 6 nitrogen and oxygen atoms in total. The van der Waals surface area contributed by atoms with E-state index in [0.29, 0.717) is 16.9 Å². The number of Topliss-reactive ketones (excluding diaryl/α,β-unsaturated/α-hetero) is 2. The van der Waals surface area contributed by atoms with Crippen LogP contribution < -0.4 is 9.47 Å². The molecule has 0 saturated heterocycles. The van der Waals surface area contributed by atoms with Crippen LogP contribution in [0.3, 0.4) is 0 Å². The molecule has 3 aromatic rings. The van der Waals surface area contributed by atoms with E-state index >= 15 is 0 Å². The second kappa shape index (κ2) is 12.8. The number of methoxy groups -OCH3 is 1. The first kappa shape index (κ1) is 29.9. The largest absolute Gasteiger partial charge is 0.497 e. The van der Waals surface area contributed by atoms with Gasteiger partial charge in [0.05, 0.1) is 12.7 Å². The first-order valence-corrected chi connectivity index (χ1v) is 9.46. The summed E-state index contributed by atoms with van der Waals surface area (Å²) in [5.41, 5.74) is 1.53. The molecular formula is C28H32O6. The van der Waals surface area contributed by atoms with Crippen molar-refractivity contribution in [3.05, 3.63) is 94.5 Å². The Morgan fingerprint density at radius 3 is 1.32 bits per heavy atom. The van der Waals surface area contributed by atoms with Crippen molar-refractivity contribution < 1.29 is 28.7 Å². The molecule has 34 heavy (non-hydrogen) atoms. The number of carbonyl (C=O) groups is 4. The van der Waals surface area contributed by atoms with E-state index < -0.39 is 5.97 Å². The Morgan fingerprint density at radius 1 is 0.559 bits per heavy atom. The fourth-order valence-corrected chi connectivity index (χ4v) is 2.90. The molecule has 0 aliphatic rings. The van der Waals surface area contributed by atoms with Crippen LogP contribution in [0, 0.1) is 0 Å². The fourth-order valence-electron chi connectivity index (χ4n) is 2.90. The maximum atomic E-state index is 12.6. The van der Waals surface area contributed by atoms with Crippen LogP contribution in [0.15, 0.2) is 66.7 Å². The van der Waals surface area contributed by atoms with E-state index in [0.717, 1.165) is 0 Å². The minimum atomic E-state index is -0.708. The lowest BCUT2D eigenvalue weighted by molar-refractivity contribution is 0.0734. The maximum Gasteiger partial charge on any atom is 0.343 e. The summed E-state index contributed by atoms with van der Waals surface area (Å²) in [7, 11) is 1.55. The van der Waals surface area contributed by atoms with Gasteiger partial charge < -0.3 is 9.47 Å². The van der Waals surface area contributed by atoms with Crippen molar-refractivity contribution in [3.63, 3.8) is 0 Å². The van der Waals surface area contributed by atoms with Crippen LogP contribution in [0.25, 0.3) is 0 Å². The second-order valence-electron chi connectivity index (χ2n) is 6.88. The summed E-state index contributed by atoms with van der Waals surface area (Å²) in [6.45, 7) is 2.71. The summed E-state index contributed by atoms with van der Waals surface area (Å²) in [5, 5.41) is 0. The number of benzene rings is 3. The molecule has 0 radical (unpaired) electrons. The molecule has 0 unspecified atom stereocenters. The predicted octanol–water partition coefficient (Wildman–Crippen LogP) is 6.46. The summed E-state index contributed by atoms with van der Waals surface area (Å²) in [6.07, 6.45) is 0. The summed E-state index contributed by atoms with van der Waals surface area (Å²) < 4.78 is 10.4. The molecule has 0 saturated carbocycles. The SMILES string of the molecule is C.C.C.COc1ccc(C(=O)c2ccc(OC(=O)c3cc(C(C)=O)cc(C(C)=O)c3)cc2)cc1. The third-order valence-corrected chi connectivity index (χ3v) is 4.66. The topological polar surface area (TPSA) is 86.7 Å². The summed E-state index contributed by atoms with van der Waals surface area (Å²) in [6, 6.07) is 17.1. The lowest BCUT2D eigenvalue weighted by Gasteiger charge is -2.08.